The van der Waals surface area contributed by atoms with Crippen LogP contribution in [0.1, 0.15) is 43.1 Å². The number of halogens is 1. The molecule has 142 valence electrons. The maximum atomic E-state index is 6.41. The highest BCUT2D eigenvalue weighted by atomic mass is 35.5. The number of hydrogen-bond acceptors (Lipinski definition) is 6. The second-order valence-electron chi connectivity index (χ2n) is 7.01. The summed E-state index contributed by atoms with van der Waals surface area (Å²) < 4.78 is 0. The van der Waals surface area contributed by atoms with Gasteiger partial charge < -0.3 is 15.6 Å². The number of H-pyrrole nitrogens is 2. The van der Waals surface area contributed by atoms with Crippen molar-refractivity contribution in [2.75, 3.05) is 10.6 Å². The number of anilines is 3. The number of fused-ring (bicyclic) bond motifs is 1. The number of aromatic nitrogens is 6. The predicted molar refractivity (Wildman–Crippen MR) is 109 cm³/mol. The lowest BCUT2D eigenvalue weighted by molar-refractivity contribution is 0.829. The second kappa shape index (κ2) is 6.79. The Morgan fingerprint density at radius 3 is 2.93 bits per heavy atom. The molecule has 4 heterocycles. The first-order valence-corrected chi connectivity index (χ1v) is 9.59. The molecule has 8 nitrogen and oxygen atoms in total. The molecule has 1 atom stereocenters. The zero-order chi connectivity index (χ0) is 19.1. The molecule has 0 saturated heterocycles. The Bertz CT molecular complexity index is 1130. The zero-order valence-corrected chi connectivity index (χ0v) is 16.0. The first-order valence-electron chi connectivity index (χ1n) is 9.21. The van der Waals surface area contributed by atoms with Crippen LogP contribution in [0.3, 0.4) is 0 Å². The van der Waals surface area contributed by atoms with Gasteiger partial charge in [0, 0.05) is 30.1 Å². The first kappa shape index (κ1) is 17.0. The van der Waals surface area contributed by atoms with Crippen molar-refractivity contribution >= 4 is 40.2 Å². The Hall–Kier alpha value is -3.13. The molecular weight excluding hydrogens is 376 g/mol. The van der Waals surface area contributed by atoms with Gasteiger partial charge in [-0.1, -0.05) is 11.6 Å². The van der Waals surface area contributed by atoms with Crippen molar-refractivity contribution in [2.24, 2.45) is 0 Å². The molecule has 1 unspecified atom stereocenters. The van der Waals surface area contributed by atoms with E-state index in [1.54, 1.807) is 12.3 Å². The third-order valence-corrected chi connectivity index (χ3v) is 5.10. The van der Waals surface area contributed by atoms with Gasteiger partial charge in [0.05, 0.1) is 27.8 Å². The molecule has 28 heavy (non-hydrogen) atoms. The monoisotopic (exact) mass is 394 g/mol. The van der Waals surface area contributed by atoms with Crippen LogP contribution in [0.4, 0.5) is 17.6 Å². The zero-order valence-electron chi connectivity index (χ0n) is 15.2. The minimum Gasteiger partial charge on any atom is -0.360 e. The first-order chi connectivity index (χ1) is 13.7. The molecule has 1 saturated carbocycles. The van der Waals surface area contributed by atoms with E-state index in [0.29, 0.717) is 22.7 Å². The fraction of sp³-hybridized carbons (Fsp3) is 0.263. The summed E-state index contributed by atoms with van der Waals surface area (Å²) in [5, 5.41) is 14.4. The van der Waals surface area contributed by atoms with Crippen LogP contribution in [0, 0.1) is 0 Å². The van der Waals surface area contributed by atoms with Gasteiger partial charge in [0.1, 0.15) is 5.82 Å². The average molecular weight is 395 g/mol. The summed E-state index contributed by atoms with van der Waals surface area (Å²) in [4.78, 5) is 16.6. The molecule has 0 aromatic carbocycles. The van der Waals surface area contributed by atoms with E-state index in [2.05, 4.69) is 40.8 Å². The van der Waals surface area contributed by atoms with Crippen LogP contribution in [0.15, 0.2) is 36.7 Å². The Morgan fingerprint density at radius 1 is 1.18 bits per heavy atom. The van der Waals surface area contributed by atoms with Gasteiger partial charge in [-0.2, -0.15) is 10.1 Å². The van der Waals surface area contributed by atoms with Crippen molar-refractivity contribution in [1.82, 2.24) is 30.1 Å². The van der Waals surface area contributed by atoms with E-state index >= 15 is 0 Å². The minimum atomic E-state index is -0.158. The van der Waals surface area contributed by atoms with Crippen molar-refractivity contribution in [3.05, 3.63) is 53.1 Å². The smallest absolute Gasteiger partial charge is 0.225 e. The van der Waals surface area contributed by atoms with Crippen LogP contribution in [-0.2, 0) is 0 Å². The summed E-state index contributed by atoms with van der Waals surface area (Å²) in [5.74, 6) is 2.53. The third kappa shape index (κ3) is 3.38. The lowest BCUT2D eigenvalue weighted by Crippen LogP contribution is -2.12. The molecular formula is C19H19ClN8. The molecule has 1 fully saturated rings. The molecule has 0 amide bonds. The van der Waals surface area contributed by atoms with E-state index < -0.39 is 0 Å². The Morgan fingerprint density at radius 2 is 2.07 bits per heavy atom. The van der Waals surface area contributed by atoms with Crippen LogP contribution < -0.4 is 10.6 Å². The molecule has 0 radical (unpaired) electrons. The SMILES string of the molecule is CC(Nc1nccc(Nc2cc(C3CC3)[nH]n2)n1)c1nc2cc[nH]c2cc1Cl. The van der Waals surface area contributed by atoms with Gasteiger partial charge in [-0.3, -0.25) is 5.10 Å². The van der Waals surface area contributed by atoms with Crippen molar-refractivity contribution < 1.29 is 0 Å². The Labute approximate surface area is 166 Å². The van der Waals surface area contributed by atoms with Gasteiger partial charge in [-0.25, -0.2) is 9.97 Å². The van der Waals surface area contributed by atoms with Gasteiger partial charge >= 0.3 is 0 Å². The highest BCUT2D eigenvalue weighted by Crippen LogP contribution is 2.39. The van der Waals surface area contributed by atoms with Crippen LogP contribution in [0.2, 0.25) is 5.02 Å². The van der Waals surface area contributed by atoms with E-state index in [1.807, 2.05) is 31.3 Å². The van der Waals surface area contributed by atoms with Crippen LogP contribution in [0.25, 0.3) is 11.0 Å². The van der Waals surface area contributed by atoms with Crippen molar-refractivity contribution in [3.63, 3.8) is 0 Å². The fourth-order valence-corrected chi connectivity index (χ4v) is 3.48. The van der Waals surface area contributed by atoms with E-state index in [0.717, 1.165) is 22.5 Å². The van der Waals surface area contributed by atoms with Gasteiger partial charge in [0.25, 0.3) is 0 Å². The van der Waals surface area contributed by atoms with E-state index in [9.17, 15) is 0 Å². The lowest BCUT2D eigenvalue weighted by atomic mass is 10.2. The summed E-state index contributed by atoms with van der Waals surface area (Å²) in [6.45, 7) is 1.98. The van der Waals surface area contributed by atoms with Gasteiger partial charge in [-0.15, -0.1) is 0 Å². The highest BCUT2D eigenvalue weighted by Gasteiger charge is 2.25. The highest BCUT2D eigenvalue weighted by molar-refractivity contribution is 6.31. The number of pyridine rings is 1. The molecule has 4 aromatic rings. The second-order valence-corrected chi connectivity index (χ2v) is 7.41. The molecule has 0 aliphatic heterocycles. The number of nitrogens with zero attached hydrogens (tertiary/aromatic N) is 4. The lowest BCUT2D eigenvalue weighted by Gasteiger charge is -2.15. The number of hydrogen-bond donors (Lipinski definition) is 4. The Kier molecular flexibility index (Phi) is 4.12. The molecule has 5 rings (SSSR count). The summed E-state index contributed by atoms with van der Waals surface area (Å²) >= 11 is 6.41. The molecule has 1 aliphatic carbocycles. The van der Waals surface area contributed by atoms with Crippen molar-refractivity contribution in [1.29, 1.82) is 0 Å². The maximum Gasteiger partial charge on any atom is 0.225 e. The summed E-state index contributed by atoms with van der Waals surface area (Å²) in [5.41, 5.74) is 3.70. The molecule has 4 N–H and O–H groups in total. The van der Waals surface area contributed by atoms with Crippen molar-refractivity contribution in [3.8, 4) is 0 Å². The summed E-state index contributed by atoms with van der Waals surface area (Å²) in [7, 11) is 0. The normalized spacial score (nSPS) is 14.9. The quantitative estimate of drug-likeness (QED) is 0.383. The standard InChI is InChI=1S/C19H19ClN8/c1-10(18-12(20)8-15-13(24-18)4-6-21-15)23-19-22-7-5-16(26-19)25-17-9-14(27-28-17)11-2-3-11/h4-11,21H,2-3H2,1H3,(H3,22,23,25,26,27,28). The fourth-order valence-electron chi connectivity index (χ4n) is 3.17. The number of rotatable bonds is 6. The van der Waals surface area contributed by atoms with Crippen molar-refractivity contribution in [2.45, 2.75) is 31.7 Å². The largest absolute Gasteiger partial charge is 0.360 e. The van der Waals surface area contributed by atoms with E-state index in [1.165, 1.54) is 18.5 Å². The molecule has 9 heteroatoms. The minimum absolute atomic E-state index is 0.158. The number of nitrogens with one attached hydrogen (secondary N) is 4. The van der Waals surface area contributed by atoms with Crippen LogP contribution in [0.5, 0.6) is 0 Å². The van der Waals surface area contributed by atoms with Crippen LogP contribution >= 0.6 is 11.6 Å². The number of aromatic amines is 2. The third-order valence-electron chi connectivity index (χ3n) is 4.79. The predicted octanol–water partition coefficient (Wildman–Crippen LogP) is 4.52. The summed E-state index contributed by atoms with van der Waals surface area (Å²) in [6.07, 6.45) is 6.00. The molecule has 4 aromatic heterocycles. The van der Waals surface area contributed by atoms with Gasteiger partial charge in [0.15, 0.2) is 5.82 Å². The van der Waals surface area contributed by atoms with E-state index in [-0.39, 0.29) is 6.04 Å². The molecule has 0 bridgehead atoms. The van der Waals surface area contributed by atoms with Gasteiger partial charge in [0.2, 0.25) is 5.95 Å². The molecule has 1 aliphatic rings. The van der Waals surface area contributed by atoms with E-state index in [4.69, 9.17) is 11.6 Å². The Balaban J connectivity index is 1.32. The molecule has 0 spiro atoms. The topological polar surface area (TPSA) is 107 Å². The average Bonchev–Trinajstić information content (AvgIpc) is 3.25. The maximum absolute atomic E-state index is 6.41. The summed E-state index contributed by atoms with van der Waals surface area (Å²) in [6, 6.07) is 7.48. The van der Waals surface area contributed by atoms with Gasteiger partial charge in [-0.05, 0) is 38.0 Å². The van der Waals surface area contributed by atoms with Crippen LogP contribution in [-0.4, -0.2) is 30.1 Å².